The first-order valence-corrected chi connectivity index (χ1v) is 7.38. The Balaban J connectivity index is 2.21. The van der Waals surface area contributed by atoms with E-state index in [9.17, 15) is 4.79 Å². The van der Waals surface area contributed by atoms with Crippen molar-refractivity contribution in [2.45, 2.75) is 6.42 Å². The van der Waals surface area contributed by atoms with Gasteiger partial charge in [0.05, 0.1) is 19.1 Å². The SMILES string of the molecule is CSC#CC1C=NC(C(N)=O)=C(N2CCOCC2)C1. The molecule has 2 heterocycles. The number of carbonyl (C=O) groups is 1. The Morgan fingerprint density at radius 1 is 1.58 bits per heavy atom. The molecule has 1 fully saturated rings. The summed E-state index contributed by atoms with van der Waals surface area (Å²) in [5, 5.41) is 2.98. The largest absolute Gasteiger partial charge is 0.378 e. The van der Waals surface area contributed by atoms with Crippen LogP contribution in [0.5, 0.6) is 0 Å². The van der Waals surface area contributed by atoms with E-state index in [-0.39, 0.29) is 5.92 Å². The number of hydrogen-bond acceptors (Lipinski definition) is 5. The summed E-state index contributed by atoms with van der Waals surface area (Å²) >= 11 is 1.48. The average Bonchev–Trinajstić information content (AvgIpc) is 2.45. The van der Waals surface area contributed by atoms with Crippen LogP contribution in [0.25, 0.3) is 0 Å². The number of aliphatic imine (C=N–C) groups is 1. The third kappa shape index (κ3) is 3.52. The molecule has 102 valence electrons. The number of hydrogen-bond donors (Lipinski definition) is 1. The number of rotatable bonds is 2. The van der Waals surface area contributed by atoms with Gasteiger partial charge in [-0.3, -0.25) is 9.79 Å². The molecule has 0 aromatic rings. The van der Waals surface area contributed by atoms with Crippen LogP contribution < -0.4 is 5.73 Å². The van der Waals surface area contributed by atoms with Gasteiger partial charge in [0, 0.05) is 31.4 Å². The van der Waals surface area contributed by atoms with Crippen molar-refractivity contribution < 1.29 is 9.53 Å². The lowest BCUT2D eigenvalue weighted by Gasteiger charge is -2.33. The quantitative estimate of drug-likeness (QED) is 0.744. The molecular weight excluding hydrogens is 262 g/mol. The van der Waals surface area contributed by atoms with E-state index in [1.54, 1.807) is 6.21 Å². The lowest BCUT2D eigenvalue weighted by atomic mass is 10.00. The van der Waals surface area contributed by atoms with Gasteiger partial charge in [-0.1, -0.05) is 17.7 Å². The highest BCUT2D eigenvalue weighted by atomic mass is 32.2. The number of primary amides is 1. The second-order valence-corrected chi connectivity index (χ2v) is 4.91. The minimum absolute atomic E-state index is 0.0494. The van der Waals surface area contributed by atoms with Crippen LogP contribution in [-0.4, -0.2) is 49.6 Å². The molecule has 0 radical (unpaired) electrons. The number of nitrogens with zero attached hydrogens (tertiary/aromatic N) is 2. The molecule has 0 bridgehead atoms. The van der Waals surface area contributed by atoms with Crippen LogP contribution in [0.4, 0.5) is 0 Å². The third-order valence-electron chi connectivity index (χ3n) is 3.04. The van der Waals surface area contributed by atoms with Crippen molar-refractivity contribution >= 4 is 23.9 Å². The number of ether oxygens (including phenoxy) is 1. The summed E-state index contributed by atoms with van der Waals surface area (Å²) in [6.45, 7) is 2.87. The van der Waals surface area contributed by atoms with Crippen LogP contribution >= 0.6 is 11.8 Å². The first kappa shape index (κ1) is 14.0. The Labute approximate surface area is 117 Å². The summed E-state index contributed by atoms with van der Waals surface area (Å²) < 4.78 is 5.33. The molecule has 6 heteroatoms. The minimum Gasteiger partial charge on any atom is -0.378 e. The summed E-state index contributed by atoms with van der Waals surface area (Å²) in [4.78, 5) is 17.8. The van der Waals surface area contributed by atoms with Gasteiger partial charge < -0.3 is 15.4 Å². The summed E-state index contributed by atoms with van der Waals surface area (Å²) in [5.41, 5.74) is 6.67. The van der Waals surface area contributed by atoms with Crippen molar-refractivity contribution in [1.29, 1.82) is 0 Å². The normalized spacial score (nSPS) is 23.0. The molecule has 2 aliphatic rings. The fraction of sp³-hybridized carbons (Fsp3) is 0.538. The van der Waals surface area contributed by atoms with E-state index < -0.39 is 5.91 Å². The van der Waals surface area contributed by atoms with Gasteiger partial charge in [-0.2, -0.15) is 0 Å². The zero-order chi connectivity index (χ0) is 13.7. The molecule has 2 rings (SSSR count). The van der Waals surface area contributed by atoms with E-state index in [1.165, 1.54) is 11.8 Å². The van der Waals surface area contributed by atoms with E-state index in [4.69, 9.17) is 10.5 Å². The summed E-state index contributed by atoms with van der Waals surface area (Å²) in [6, 6.07) is 0. The Hall–Kier alpha value is -1.45. The molecule has 5 nitrogen and oxygen atoms in total. The number of morpholine rings is 1. The van der Waals surface area contributed by atoms with Crippen LogP contribution in [0.2, 0.25) is 0 Å². The minimum atomic E-state index is -0.478. The number of thioether (sulfide) groups is 1. The molecular formula is C13H17N3O2S. The lowest BCUT2D eigenvalue weighted by Crippen LogP contribution is -2.38. The van der Waals surface area contributed by atoms with Crippen molar-refractivity contribution in [3.63, 3.8) is 0 Å². The molecule has 2 aliphatic heterocycles. The standard InChI is InChI=1S/C13H17N3O2S/c1-19-7-2-10-8-11(12(13(14)17)15-9-10)16-3-5-18-6-4-16/h9-10H,3-6,8H2,1H3,(H2,14,17). The van der Waals surface area contributed by atoms with Crippen molar-refractivity contribution in [1.82, 2.24) is 4.90 Å². The van der Waals surface area contributed by atoms with Crippen LogP contribution in [0.3, 0.4) is 0 Å². The topological polar surface area (TPSA) is 67.9 Å². The highest BCUT2D eigenvalue weighted by molar-refractivity contribution is 8.03. The number of amides is 1. The van der Waals surface area contributed by atoms with Gasteiger partial charge in [-0.15, -0.1) is 0 Å². The van der Waals surface area contributed by atoms with E-state index in [0.717, 1.165) is 18.8 Å². The van der Waals surface area contributed by atoms with Gasteiger partial charge >= 0.3 is 0 Å². The molecule has 2 N–H and O–H groups in total. The second-order valence-electron chi connectivity index (χ2n) is 4.30. The van der Waals surface area contributed by atoms with Crippen LogP contribution in [0, 0.1) is 17.1 Å². The van der Waals surface area contributed by atoms with Gasteiger partial charge in [-0.05, 0) is 11.5 Å². The predicted octanol–water partition coefficient (Wildman–Crippen LogP) is 0.430. The molecule has 1 saturated heterocycles. The predicted molar refractivity (Wildman–Crippen MR) is 76.5 cm³/mol. The molecule has 0 saturated carbocycles. The van der Waals surface area contributed by atoms with Crippen LogP contribution in [-0.2, 0) is 9.53 Å². The highest BCUT2D eigenvalue weighted by Crippen LogP contribution is 2.24. The molecule has 0 aromatic carbocycles. The zero-order valence-corrected chi connectivity index (χ0v) is 11.7. The van der Waals surface area contributed by atoms with Crippen molar-refractivity contribution in [3.8, 4) is 11.2 Å². The van der Waals surface area contributed by atoms with Gasteiger partial charge in [0.1, 0.15) is 5.70 Å². The monoisotopic (exact) mass is 279 g/mol. The zero-order valence-electron chi connectivity index (χ0n) is 10.9. The third-order valence-corrected chi connectivity index (χ3v) is 3.36. The highest BCUT2D eigenvalue weighted by Gasteiger charge is 2.25. The van der Waals surface area contributed by atoms with E-state index >= 15 is 0 Å². The van der Waals surface area contributed by atoms with Crippen LogP contribution in [0.1, 0.15) is 6.42 Å². The van der Waals surface area contributed by atoms with Crippen LogP contribution in [0.15, 0.2) is 16.4 Å². The Morgan fingerprint density at radius 3 is 2.95 bits per heavy atom. The maximum atomic E-state index is 11.5. The molecule has 1 atom stereocenters. The smallest absolute Gasteiger partial charge is 0.269 e. The first-order chi connectivity index (χ1) is 9.22. The Kier molecular flexibility index (Phi) is 4.88. The van der Waals surface area contributed by atoms with Crippen molar-refractivity contribution in [2.75, 3.05) is 32.6 Å². The molecule has 0 aliphatic carbocycles. The molecule has 1 amide bonds. The van der Waals surface area contributed by atoms with Crippen molar-refractivity contribution in [3.05, 3.63) is 11.4 Å². The van der Waals surface area contributed by atoms with Gasteiger partial charge in [0.2, 0.25) is 0 Å². The molecule has 19 heavy (non-hydrogen) atoms. The van der Waals surface area contributed by atoms with Gasteiger partial charge in [0.25, 0.3) is 5.91 Å². The summed E-state index contributed by atoms with van der Waals surface area (Å²) in [7, 11) is 0. The second kappa shape index (κ2) is 6.64. The number of carbonyl (C=O) groups excluding carboxylic acids is 1. The molecule has 0 aromatic heterocycles. The maximum absolute atomic E-state index is 11.5. The summed E-state index contributed by atoms with van der Waals surface area (Å²) in [5.74, 6) is 2.69. The lowest BCUT2D eigenvalue weighted by molar-refractivity contribution is -0.114. The number of nitrogens with two attached hydrogens (primary N) is 1. The fourth-order valence-electron chi connectivity index (χ4n) is 2.14. The number of allylic oxidation sites excluding steroid dienone is 1. The van der Waals surface area contributed by atoms with Gasteiger partial charge in [-0.25, -0.2) is 0 Å². The molecule has 0 spiro atoms. The van der Waals surface area contributed by atoms with Crippen molar-refractivity contribution in [2.24, 2.45) is 16.6 Å². The Bertz CT molecular complexity index is 470. The molecule has 1 unspecified atom stereocenters. The first-order valence-electron chi connectivity index (χ1n) is 6.15. The summed E-state index contributed by atoms with van der Waals surface area (Å²) in [6.07, 6.45) is 4.34. The van der Waals surface area contributed by atoms with E-state index in [1.807, 2.05) is 6.26 Å². The van der Waals surface area contributed by atoms with E-state index in [0.29, 0.717) is 25.3 Å². The van der Waals surface area contributed by atoms with E-state index in [2.05, 4.69) is 21.1 Å². The Morgan fingerprint density at radius 2 is 2.32 bits per heavy atom. The maximum Gasteiger partial charge on any atom is 0.269 e. The fourth-order valence-corrected chi connectivity index (χ4v) is 2.41. The van der Waals surface area contributed by atoms with Gasteiger partial charge in [0.15, 0.2) is 0 Å². The average molecular weight is 279 g/mol.